The second kappa shape index (κ2) is 10.5. The number of nitrogens with zero attached hydrogens (tertiary/aromatic N) is 3. The molecule has 0 aliphatic heterocycles. The van der Waals surface area contributed by atoms with Crippen LogP contribution in [0, 0.1) is 0 Å². The molecule has 0 N–H and O–H groups in total. The van der Waals surface area contributed by atoms with Gasteiger partial charge in [-0.05, 0) is 52.2 Å². The summed E-state index contributed by atoms with van der Waals surface area (Å²) in [4.78, 5) is 14.9. The third-order valence-electron chi connectivity index (χ3n) is 9.15. The van der Waals surface area contributed by atoms with Crippen LogP contribution in [-0.4, -0.2) is 15.0 Å². The predicted molar refractivity (Wildman–Crippen MR) is 194 cm³/mol. The lowest BCUT2D eigenvalue weighted by molar-refractivity contribution is 0.668. The topological polar surface area (TPSA) is 65.0 Å². The molecule has 5 nitrogen and oxygen atoms in total. The molecule has 0 saturated carbocycles. The van der Waals surface area contributed by atoms with Crippen molar-refractivity contribution in [2.45, 2.75) is 0 Å². The molecule has 7 aromatic carbocycles. The van der Waals surface area contributed by atoms with Gasteiger partial charge in [0.05, 0.1) is 0 Å². The molecule has 0 aliphatic rings. The molecule has 48 heavy (non-hydrogen) atoms. The fourth-order valence-electron chi connectivity index (χ4n) is 6.84. The summed E-state index contributed by atoms with van der Waals surface area (Å²) < 4.78 is 12.5. The van der Waals surface area contributed by atoms with Crippen LogP contribution in [0.25, 0.3) is 99.9 Å². The first-order valence-corrected chi connectivity index (χ1v) is 15.9. The zero-order valence-electron chi connectivity index (χ0n) is 25.6. The Hall–Kier alpha value is -6.59. The zero-order chi connectivity index (χ0) is 31.6. The maximum absolute atomic E-state index is 6.34. The molecule has 224 valence electrons. The van der Waals surface area contributed by atoms with Gasteiger partial charge in [-0.1, -0.05) is 121 Å². The SMILES string of the molecule is c1ccc(-c2nc(-c3ccc(-c4cccc5oc6ccc7ccccc7c6c45)cc3)nc(-c3ccc4c(c3)oc3ccccc34)n2)cc1. The van der Waals surface area contributed by atoms with Gasteiger partial charge in [-0.15, -0.1) is 0 Å². The number of benzene rings is 7. The van der Waals surface area contributed by atoms with E-state index in [1.165, 1.54) is 10.8 Å². The molecule has 0 fully saturated rings. The summed E-state index contributed by atoms with van der Waals surface area (Å²) in [6.45, 7) is 0. The van der Waals surface area contributed by atoms with Crippen LogP contribution >= 0.6 is 0 Å². The molecule has 0 unspecified atom stereocenters. The number of para-hydroxylation sites is 1. The van der Waals surface area contributed by atoms with Crippen molar-refractivity contribution >= 4 is 54.6 Å². The molecule has 0 amide bonds. The number of hydrogen-bond acceptors (Lipinski definition) is 5. The van der Waals surface area contributed by atoms with Crippen molar-refractivity contribution < 1.29 is 8.83 Å². The fourth-order valence-corrected chi connectivity index (χ4v) is 6.84. The number of fused-ring (bicyclic) bond motifs is 8. The molecule has 3 aromatic heterocycles. The Balaban J connectivity index is 1.11. The first kappa shape index (κ1) is 26.6. The summed E-state index contributed by atoms with van der Waals surface area (Å²) in [5.41, 5.74) is 8.33. The molecule has 5 heteroatoms. The Morgan fingerprint density at radius 1 is 0.333 bits per heavy atom. The van der Waals surface area contributed by atoms with Crippen LogP contribution in [0.1, 0.15) is 0 Å². The molecular formula is C43H25N3O2. The van der Waals surface area contributed by atoms with E-state index < -0.39 is 0 Å². The molecule has 10 aromatic rings. The summed E-state index contributed by atoms with van der Waals surface area (Å²) in [5.74, 6) is 1.81. The van der Waals surface area contributed by atoms with Gasteiger partial charge in [-0.25, -0.2) is 15.0 Å². The van der Waals surface area contributed by atoms with Gasteiger partial charge in [0, 0.05) is 38.2 Å². The van der Waals surface area contributed by atoms with E-state index in [1.54, 1.807) is 0 Å². The Bertz CT molecular complexity index is 2830. The Labute approximate surface area is 274 Å². The van der Waals surface area contributed by atoms with Crippen LogP contribution in [0.3, 0.4) is 0 Å². The van der Waals surface area contributed by atoms with E-state index in [4.69, 9.17) is 23.8 Å². The third kappa shape index (κ3) is 4.22. The molecule has 3 heterocycles. The molecule has 0 saturated heterocycles. The summed E-state index contributed by atoms with van der Waals surface area (Å²) in [6.07, 6.45) is 0. The molecule has 0 atom stereocenters. The Morgan fingerprint density at radius 3 is 1.75 bits per heavy atom. The number of hydrogen-bond donors (Lipinski definition) is 0. The summed E-state index contributed by atoms with van der Waals surface area (Å²) in [6, 6.07) is 51.7. The lowest BCUT2D eigenvalue weighted by Gasteiger charge is -2.10. The second-order valence-electron chi connectivity index (χ2n) is 12.0. The highest BCUT2D eigenvalue weighted by Gasteiger charge is 2.17. The van der Waals surface area contributed by atoms with Gasteiger partial charge in [0.25, 0.3) is 0 Å². The van der Waals surface area contributed by atoms with Crippen molar-refractivity contribution in [2.24, 2.45) is 0 Å². The standard InChI is InChI=1S/C43H25N3O2/c1-2-10-28(11-3-1)41-44-42(46-43(45-41)30-21-23-34-33-13-6-7-15-35(33)47-38(34)25-30)29-19-17-27(18-20-29)32-14-8-16-36-39(32)40-31-12-5-4-9-26(31)22-24-37(40)48-36/h1-25H. The average molecular weight is 616 g/mol. The molecule has 0 aliphatic carbocycles. The van der Waals surface area contributed by atoms with Crippen LogP contribution in [0.15, 0.2) is 160 Å². The molecule has 0 radical (unpaired) electrons. The smallest absolute Gasteiger partial charge is 0.164 e. The van der Waals surface area contributed by atoms with E-state index in [2.05, 4.69) is 91.0 Å². The van der Waals surface area contributed by atoms with E-state index >= 15 is 0 Å². The van der Waals surface area contributed by atoms with Gasteiger partial charge >= 0.3 is 0 Å². The average Bonchev–Trinajstić information content (AvgIpc) is 3.73. The quantitative estimate of drug-likeness (QED) is 0.197. The zero-order valence-corrected chi connectivity index (χ0v) is 25.6. The molecule has 0 spiro atoms. The Morgan fingerprint density at radius 2 is 0.917 bits per heavy atom. The highest BCUT2D eigenvalue weighted by atomic mass is 16.3. The maximum atomic E-state index is 6.34. The normalized spacial score (nSPS) is 11.8. The van der Waals surface area contributed by atoms with Gasteiger partial charge in [0.2, 0.25) is 0 Å². The lowest BCUT2D eigenvalue weighted by Crippen LogP contribution is -2.00. The first-order valence-electron chi connectivity index (χ1n) is 15.9. The largest absolute Gasteiger partial charge is 0.456 e. The summed E-state index contributed by atoms with van der Waals surface area (Å²) in [5, 5.41) is 6.79. The van der Waals surface area contributed by atoms with E-state index in [0.29, 0.717) is 17.5 Å². The minimum atomic E-state index is 0.590. The minimum Gasteiger partial charge on any atom is -0.456 e. The minimum absolute atomic E-state index is 0.590. The van der Waals surface area contributed by atoms with E-state index in [9.17, 15) is 0 Å². The van der Waals surface area contributed by atoms with Crippen molar-refractivity contribution in [3.63, 3.8) is 0 Å². The molecule has 10 rings (SSSR count). The van der Waals surface area contributed by atoms with Crippen LogP contribution in [0.4, 0.5) is 0 Å². The van der Waals surface area contributed by atoms with Crippen LogP contribution in [0.5, 0.6) is 0 Å². The maximum Gasteiger partial charge on any atom is 0.164 e. The predicted octanol–water partition coefficient (Wildman–Crippen LogP) is 11.5. The van der Waals surface area contributed by atoms with Gasteiger partial charge in [-0.3, -0.25) is 0 Å². The molecular weight excluding hydrogens is 590 g/mol. The fraction of sp³-hybridized carbons (Fsp3) is 0. The van der Waals surface area contributed by atoms with Crippen molar-refractivity contribution in [3.8, 4) is 45.3 Å². The van der Waals surface area contributed by atoms with Crippen LogP contribution in [-0.2, 0) is 0 Å². The summed E-state index contributed by atoms with van der Waals surface area (Å²) >= 11 is 0. The number of furan rings is 2. The van der Waals surface area contributed by atoms with Crippen molar-refractivity contribution in [1.29, 1.82) is 0 Å². The van der Waals surface area contributed by atoms with Crippen molar-refractivity contribution in [3.05, 3.63) is 152 Å². The third-order valence-corrected chi connectivity index (χ3v) is 9.15. The summed E-state index contributed by atoms with van der Waals surface area (Å²) in [7, 11) is 0. The van der Waals surface area contributed by atoms with E-state index in [0.717, 1.165) is 71.7 Å². The van der Waals surface area contributed by atoms with Gasteiger partial charge < -0.3 is 8.83 Å². The van der Waals surface area contributed by atoms with Crippen LogP contribution in [0.2, 0.25) is 0 Å². The highest BCUT2D eigenvalue weighted by Crippen LogP contribution is 2.40. The Kier molecular flexibility index (Phi) is 5.81. The van der Waals surface area contributed by atoms with Crippen molar-refractivity contribution in [2.75, 3.05) is 0 Å². The van der Waals surface area contributed by atoms with Crippen molar-refractivity contribution in [1.82, 2.24) is 15.0 Å². The number of aromatic nitrogens is 3. The second-order valence-corrected chi connectivity index (χ2v) is 12.0. The van der Waals surface area contributed by atoms with Crippen LogP contribution < -0.4 is 0 Å². The monoisotopic (exact) mass is 615 g/mol. The van der Waals surface area contributed by atoms with Gasteiger partial charge in [0.1, 0.15) is 22.3 Å². The highest BCUT2D eigenvalue weighted by molar-refractivity contribution is 6.22. The van der Waals surface area contributed by atoms with Gasteiger partial charge in [-0.2, -0.15) is 0 Å². The lowest BCUT2D eigenvalue weighted by atomic mass is 9.96. The van der Waals surface area contributed by atoms with E-state index in [1.807, 2.05) is 60.7 Å². The first-order chi connectivity index (χ1) is 23.8. The molecule has 0 bridgehead atoms. The van der Waals surface area contributed by atoms with Gasteiger partial charge in [0.15, 0.2) is 17.5 Å². The van der Waals surface area contributed by atoms with E-state index in [-0.39, 0.29) is 0 Å². The number of rotatable bonds is 4.